The van der Waals surface area contributed by atoms with Crippen LogP contribution in [0.15, 0.2) is 29.5 Å². The molecule has 1 aromatic heterocycles. The van der Waals surface area contributed by atoms with Gasteiger partial charge in [-0.25, -0.2) is 13.8 Å². The number of nitrogens with zero attached hydrogens (tertiary/aromatic N) is 5. The van der Waals surface area contributed by atoms with Crippen molar-refractivity contribution in [1.29, 1.82) is 0 Å². The highest BCUT2D eigenvalue weighted by Crippen LogP contribution is 2.14. The normalized spacial score (nSPS) is 11.0. The van der Waals surface area contributed by atoms with Gasteiger partial charge in [0, 0.05) is 27.2 Å². The summed E-state index contributed by atoms with van der Waals surface area (Å²) in [5.74, 6) is -0.0885. The van der Waals surface area contributed by atoms with E-state index in [9.17, 15) is 8.78 Å². The Bertz CT molecular complexity index is 709. The number of halogens is 3. The summed E-state index contributed by atoms with van der Waals surface area (Å²) in [5, 5.41) is 7.14. The molecular weight excluding hydrogens is 445 g/mol. The highest BCUT2D eigenvalue weighted by molar-refractivity contribution is 14.0. The fourth-order valence-corrected chi connectivity index (χ4v) is 2.03. The molecule has 1 heterocycles. The molecule has 7 nitrogen and oxygen atoms in total. The topological polar surface area (TPSA) is 67.6 Å². The van der Waals surface area contributed by atoms with Gasteiger partial charge in [0.2, 0.25) is 0 Å². The number of hydrogen-bond donors (Lipinski definition) is 1. The van der Waals surface area contributed by atoms with Gasteiger partial charge in [-0.15, -0.1) is 24.0 Å². The zero-order chi connectivity index (χ0) is 17.5. The number of guanidine groups is 1. The molecule has 0 spiro atoms. The van der Waals surface area contributed by atoms with Crippen LogP contribution in [0, 0.1) is 11.6 Å². The number of nitrogens with one attached hydrogen (secondary N) is 1. The maximum Gasteiger partial charge on any atom is 0.193 e. The van der Waals surface area contributed by atoms with Crippen molar-refractivity contribution in [2.24, 2.45) is 12.0 Å². The summed E-state index contributed by atoms with van der Waals surface area (Å²) in [6.07, 6.45) is 1.50. The summed E-state index contributed by atoms with van der Waals surface area (Å²) in [4.78, 5) is 10.2. The second kappa shape index (κ2) is 10.1. The predicted octanol–water partition coefficient (Wildman–Crippen LogP) is 1.80. The Morgan fingerprint density at radius 3 is 2.72 bits per heavy atom. The molecule has 0 fully saturated rings. The minimum Gasteiger partial charge on any atom is -0.492 e. The highest BCUT2D eigenvalue weighted by Gasteiger charge is 2.10. The maximum absolute atomic E-state index is 13.1. The smallest absolute Gasteiger partial charge is 0.193 e. The average Bonchev–Trinajstić information content (AvgIpc) is 2.95. The van der Waals surface area contributed by atoms with Crippen molar-refractivity contribution in [2.45, 2.75) is 6.54 Å². The molecule has 0 radical (unpaired) electrons. The van der Waals surface area contributed by atoms with E-state index in [0.717, 1.165) is 18.0 Å². The van der Waals surface area contributed by atoms with Crippen LogP contribution in [0.1, 0.15) is 5.82 Å². The molecule has 0 aliphatic heterocycles. The van der Waals surface area contributed by atoms with E-state index in [1.165, 1.54) is 12.4 Å². The Labute approximate surface area is 162 Å². The highest BCUT2D eigenvalue weighted by atomic mass is 127. The molecule has 2 rings (SSSR count). The van der Waals surface area contributed by atoms with Crippen LogP contribution < -0.4 is 10.1 Å². The number of benzene rings is 1. The van der Waals surface area contributed by atoms with E-state index in [1.54, 1.807) is 11.7 Å². The van der Waals surface area contributed by atoms with Crippen LogP contribution in [0.5, 0.6) is 5.75 Å². The van der Waals surface area contributed by atoms with E-state index in [1.807, 2.05) is 19.0 Å². The van der Waals surface area contributed by atoms with Crippen molar-refractivity contribution < 1.29 is 13.5 Å². The first-order chi connectivity index (χ1) is 11.5. The third kappa shape index (κ3) is 6.11. The van der Waals surface area contributed by atoms with E-state index >= 15 is 0 Å². The zero-order valence-corrected chi connectivity index (χ0v) is 16.6. The van der Waals surface area contributed by atoms with Gasteiger partial charge in [0.05, 0.1) is 13.1 Å². The fraction of sp³-hybridized carbons (Fsp3) is 0.400. The van der Waals surface area contributed by atoms with Gasteiger partial charge in [-0.05, 0) is 12.1 Å². The SMILES string of the molecule is CN=C(NCCOc1ccc(F)c(F)c1)N(C)Cc1ncnn1C.I. The average molecular weight is 466 g/mol. The van der Waals surface area contributed by atoms with E-state index < -0.39 is 11.6 Å². The molecule has 0 aliphatic carbocycles. The lowest BCUT2D eigenvalue weighted by Gasteiger charge is -2.21. The molecule has 0 atom stereocenters. The van der Waals surface area contributed by atoms with Crippen LogP contribution >= 0.6 is 24.0 Å². The minimum absolute atomic E-state index is 0. The largest absolute Gasteiger partial charge is 0.492 e. The van der Waals surface area contributed by atoms with E-state index in [4.69, 9.17) is 4.74 Å². The molecule has 0 bridgehead atoms. The van der Waals surface area contributed by atoms with Gasteiger partial charge in [0.25, 0.3) is 0 Å². The number of hydrogen-bond acceptors (Lipinski definition) is 4. The number of rotatable bonds is 6. The van der Waals surface area contributed by atoms with E-state index in [-0.39, 0.29) is 36.3 Å². The molecule has 0 unspecified atom stereocenters. The van der Waals surface area contributed by atoms with Gasteiger partial charge in [0.15, 0.2) is 17.6 Å². The lowest BCUT2D eigenvalue weighted by atomic mass is 10.3. The molecule has 138 valence electrons. The third-order valence-corrected chi connectivity index (χ3v) is 3.30. The summed E-state index contributed by atoms with van der Waals surface area (Å²) < 4.78 is 33.0. The van der Waals surface area contributed by atoms with Gasteiger partial charge in [0.1, 0.15) is 24.5 Å². The van der Waals surface area contributed by atoms with Crippen molar-refractivity contribution in [3.8, 4) is 5.75 Å². The second-order valence-corrected chi connectivity index (χ2v) is 5.05. The van der Waals surface area contributed by atoms with E-state index in [0.29, 0.717) is 19.0 Å². The Kier molecular flexibility index (Phi) is 8.52. The minimum atomic E-state index is -0.931. The van der Waals surface area contributed by atoms with Gasteiger partial charge in [-0.2, -0.15) is 5.10 Å². The molecule has 2 aromatic rings. The zero-order valence-electron chi connectivity index (χ0n) is 14.2. The van der Waals surface area contributed by atoms with Crippen LogP contribution in [0.2, 0.25) is 0 Å². The van der Waals surface area contributed by atoms with Crippen molar-refractivity contribution in [3.63, 3.8) is 0 Å². The standard InChI is InChI=1S/C15H20F2N6O.HI/c1-18-15(22(2)9-14-20-10-21-23(14)3)19-6-7-24-11-4-5-12(16)13(17)8-11;/h4-5,8,10H,6-7,9H2,1-3H3,(H,18,19);1H. The Morgan fingerprint density at radius 1 is 1.36 bits per heavy atom. The maximum atomic E-state index is 13.1. The molecule has 0 aliphatic rings. The molecule has 0 saturated heterocycles. The summed E-state index contributed by atoms with van der Waals surface area (Å²) in [6, 6.07) is 3.43. The van der Waals surface area contributed by atoms with Crippen molar-refractivity contribution in [1.82, 2.24) is 25.0 Å². The van der Waals surface area contributed by atoms with Crippen molar-refractivity contribution in [3.05, 3.63) is 42.0 Å². The van der Waals surface area contributed by atoms with Gasteiger partial charge in [-0.1, -0.05) is 0 Å². The van der Waals surface area contributed by atoms with Crippen LogP contribution in [-0.4, -0.2) is 52.9 Å². The van der Waals surface area contributed by atoms with E-state index in [2.05, 4.69) is 20.4 Å². The van der Waals surface area contributed by atoms with Gasteiger partial charge < -0.3 is 15.0 Å². The first-order valence-electron chi connectivity index (χ1n) is 7.33. The predicted molar refractivity (Wildman–Crippen MR) is 101 cm³/mol. The molecule has 0 amide bonds. The molecule has 1 N–H and O–H groups in total. The lowest BCUT2D eigenvalue weighted by Crippen LogP contribution is -2.40. The Balaban J connectivity index is 0.00000312. The molecule has 0 saturated carbocycles. The van der Waals surface area contributed by atoms with Crippen LogP contribution in [0.3, 0.4) is 0 Å². The lowest BCUT2D eigenvalue weighted by molar-refractivity contribution is 0.316. The molecule has 25 heavy (non-hydrogen) atoms. The summed E-state index contributed by atoms with van der Waals surface area (Å²) >= 11 is 0. The van der Waals surface area contributed by atoms with Gasteiger partial charge in [-0.3, -0.25) is 9.67 Å². The van der Waals surface area contributed by atoms with Crippen molar-refractivity contribution >= 4 is 29.9 Å². The number of aromatic nitrogens is 3. The number of ether oxygens (including phenoxy) is 1. The molecule has 1 aromatic carbocycles. The van der Waals surface area contributed by atoms with Gasteiger partial charge >= 0.3 is 0 Å². The third-order valence-electron chi connectivity index (χ3n) is 3.30. The van der Waals surface area contributed by atoms with Crippen LogP contribution in [0.4, 0.5) is 8.78 Å². The monoisotopic (exact) mass is 466 g/mol. The number of aliphatic imine (C=N–C) groups is 1. The van der Waals surface area contributed by atoms with Crippen molar-refractivity contribution in [2.75, 3.05) is 27.2 Å². The first kappa shape index (κ1) is 21.1. The first-order valence-corrected chi connectivity index (χ1v) is 7.33. The summed E-state index contributed by atoms with van der Waals surface area (Å²) in [7, 11) is 5.37. The Morgan fingerprint density at radius 2 is 2.12 bits per heavy atom. The molecular formula is C15H21F2IN6O. The molecule has 10 heteroatoms. The number of aryl methyl sites for hydroxylation is 1. The summed E-state index contributed by atoms with van der Waals surface area (Å²) in [5.41, 5.74) is 0. The second-order valence-electron chi connectivity index (χ2n) is 5.05. The summed E-state index contributed by atoms with van der Waals surface area (Å²) in [6.45, 7) is 1.27. The Hall–Kier alpha value is -1.98. The van der Waals surface area contributed by atoms with Crippen LogP contribution in [-0.2, 0) is 13.6 Å². The fourth-order valence-electron chi connectivity index (χ4n) is 2.03. The quantitative estimate of drug-likeness (QED) is 0.305. The van der Waals surface area contributed by atoms with Crippen LogP contribution in [0.25, 0.3) is 0 Å².